The number of nitrogens with zero attached hydrogens (tertiary/aromatic N) is 3. The van der Waals surface area contributed by atoms with Crippen molar-refractivity contribution in [1.82, 2.24) is 25.1 Å². The number of rotatable bonds is 4. The maximum atomic E-state index is 13.7. The van der Waals surface area contributed by atoms with Crippen LogP contribution >= 0.6 is 11.6 Å². The van der Waals surface area contributed by atoms with Gasteiger partial charge in [0.05, 0.1) is 10.9 Å². The highest BCUT2D eigenvalue weighted by atomic mass is 35.5. The number of nitrogens with one attached hydrogen (secondary N) is 2. The lowest BCUT2D eigenvalue weighted by Gasteiger charge is -2.07. The molecule has 0 aliphatic carbocycles. The Hall–Kier alpha value is -4.04. The van der Waals surface area contributed by atoms with Crippen molar-refractivity contribution in [2.75, 3.05) is 0 Å². The Labute approximate surface area is 185 Å². The third-order valence-electron chi connectivity index (χ3n) is 5.09. The van der Waals surface area contributed by atoms with Crippen LogP contribution in [-0.2, 0) is 6.54 Å². The second-order valence-corrected chi connectivity index (χ2v) is 7.62. The van der Waals surface area contributed by atoms with Crippen molar-refractivity contribution < 1.29 is 9.18 Å². The van der Waals surface area contributed by atoms with Crippen molar-refractivity contribution in [3.63, 3.8) is 0 Å². The lowest BCUT2D eigenvalue weighted by atomic mass is 10.1. The van der Waals surface area contributed by atoms with Crippen molar-refractivity contribution in [3.05, 3.63) is 99.1 Å². The zero-order valence-electron chi connectivity index (χ0n) is 16.5. The van der Waals surface area contributed by atoms with Gasteiger partial charge in [0.25, 0.3) is 11.5 Å². The van der Waals surface area contributed by atoms with E-state index in [4.69, 9.17) is 11.6 Å². The Morgan fingerprint density at radius 3 is 2.69 bits per heavy atom. The molecule has 1 amide bonds. The van der Waals surface area contributed by atoms with Gasteiger partial charge in [-0.25, -0.2) is 14.1 Å². The molecule has 5 aromatic rings. The minimum atomic E-state index is -0.466. The predicted molar refractivity (Wildman–Crippen MR) is 119 cm³/mol. The van der Waals surface area contributed by atoms with E-state index in [9.17, 15) is 14.0 Å². The van der Waals surface area contributed by atoms with Crippen LogP contribution in [0.5, 0.6) is 0 Å². The van der Waals surface area contributed by atoms with E-state index in [1.165, 1.54) is 16.6 Å². The molecular weight excluding hydrogens is 433 g/mol. The van der Waals surface area contributed by atoms with Crippen LogP contribution in [0.1, 0.15) is 15.9 Å². The van der Waals surface area contributed by atoms with Crippen molar-refractivity contribution in [1.29, 1.82) is 0 Å². The predicted octanol–water partition coefficient (Wildman–Crippen LogP) is 3.96. The maximum Gasteiger partial charge on any atom is 0.281 e. The molecule has 9 heteroatoms. The van der Waals surface area contributed by atoms with Crippen LogP contribution in [-0.4, -0.2) is 25.7 Å². The Morgan fingerprint density at radius 1 is 1.09 bits per heavy atom. The molecule has 2 heterocycles. The van der Waals surface area contributed by atoms with Crippen LogP contribution in [0.15, 0.2) is 71.5 Å². The van der Waals surface area contributed by atoms with E-state index >= 15 is 0 Å². The maximum absolute atomic E-state index is 13.7. The summed E-state index contributed by atoms with van der Waals surface area (Å²) in [5.41, 5.74) is 2.30. The second-order valence-electron chi connectivity index (χ2n) is 7.19. The number of hydrogen-bond donors (Lipinski definition) is 2. The van der Waals surface area contributed by atoms with Gasteiger partial charge < -0.3 is 5.32 Å². The molecular formula is C23H15ClFN5O2. The molecule has 2 aromatic heterocycles. The summed E-state index contributed by atoms with van der Waals surface area (Å²) in [6.07, 6.45) is 0. The standard InChI is InChI=1S/C23H15ClFN5O2/c24-16-7-4-13(5-8-16)12-26-22(31)15-6-9-18-19(11-15)30-21(27-23(18)32)20(28-29-30)14-2-1-3-17(25)10-14/h1-11,29H,12H2,(H,26,31). The molecule has 3 aromatic carbocycles. The largest absolute Gasteiger partial charge is 0.348 e. The number of carbonyl (C=O) groups is 1. The average Bonchev–Trinajstić information content (AvgIpc) is 3.22. The number of hydrogen-bond acceptors (Lipinski definition) is 4. The van der Waals surface area contributed by atoms with E-state index < -0.39 is 11.4 Å². The van der Waals surface area contributed by atoms with Crippen molar-refractivity contribution in [3.8, 4) is 11.3 Å². The van der Waals surface area contributed by atoms with E-state index in [2.05, 4.69) is 20.6 Å². The van der Waals surface area contributed by atoms with Gasteiger partial charge in [-0.2, -0.15) is 10.1 Å². The van der Waals surface area contributed by atoms with E-state index in [0.29, 0.717) is 39.3 Å². The first-order valence-electron chi connectivity index (χ1n) is 9.69. The normalized spacial score (nSPS) is 11.2. The Balaban J connectivity index is 1.53. The number of H-pyrrole nitrogens is 1. The molecule has 7 nitrogen and oxygen atoms in total. The zero-order chi connectivity index (χ0) is 22.2. The van der Waals surface area contributed by atoms with E-state index in [0.717, 1.165) is 5.56 Å². The minimum Gasteiger partial charge on any atom is -0.348 e. The van der Waals surface area contributed by atoms with Crippen LogP contribution in [0.25, 0.3) is 27.8 Å². The van der Waals surface area contributed by atoms with Crippen LogP contribution in [0.2, 0.25) is 5.02 Å². The SMILES string of the molecule is O=C(NCc1ccc(Cl)cc1)c1ccc2c(=O)nc3c(-c4cccc(F)c4)n[nH]n3c2c1. The summed E-state index contributed by atoms with van der Waals surface area (Å²) in [6.45, 7) is 0.327. The molecule has 0 aliphatic rings. The summed E-state index contributed by atoms with van der Waals surface area (Å²) in [7, 11) is 0. The van der Waals surface area contributed by atoms with Gasteiger partial charge in [-0.3, -0.25) is 9.59 Å². The monoisotopic (exact) mass is 447 g/mol. The second kappa shape index (κ2) is 7.90. The molecule has 0 radical (unpaired) electrons. The quantitative estimate of drug-likeness (QED) is 0.436. The lowest BCUT2D eigenvalue weighted by molar-refractivity contribution is 0.0951. The Bertz CT molecular complexity index is 1540. The highest BCUT2D eigenvalue weighted by Crippen LogP contribution is 2.23. The highest BCUT2D eigenvalue weighted by molar-refractivity contribution is 6.30. The highest BCUT2D eigenvalue weighted by Gasteiger charge is 2.16. The molecule has 0 bridgehead atoms. The Morgan fingerprint density at radius 2 is 1.91 bits per heavy atom. The number of benzene rings is 3. The average molecular weight is 448 g/mol. The fourth-order valence-electron chi connectivity index (χ4n) is 3.49. The van der Waals surface area contributed by atoms with Gasteiger partial charge in [0.1, 0.15) is 11.5 Å². The minimum absolute atomic E-state index is 0.242. The lowest BCUT2D eigenvalue weighted by Crippen LogP contribution is -2.23. The number of aromatic amines is 1. The summed E-state index contributed by atoms with van der Waals surface area (Å²) in [4.78, 5) is 29.4. The van der Waals surface area contributed by atoms with Crippen LogP contribution < -0.4 is 10.9 Å². The molecule has 0 aliphatic heterocycles. The third-order valence-corrected chi connectivity index (χ3v) is 5.34. The molecule has 0 fully saturated rings. The van der Waals surface area contributed by atoms with Gasteiger partial charge in [-0.1, -0.05) is 35.9 Å². The molecule has 0 atom stereocenters. The summed E-state index contributed by atoms with van der Waals surface area (Å²) in [5, 5.41) is 10.8. The first-order chi connectivity index (χ1) is 15.5. The van der Waals surface area contributed by atoms with Crippen molar-refractivity contribution >= 4 is 34.1 Å². The molecule has 5 rings (SSSR count). The summed E-state index contributed by atoms with van der Waals surface area (Å²) in [5.74, 6) is -0.726. The van der Waals surface area contributed by atoms with Gasteiger partial charge in [0, 0.05) is 22.7 Å². The van der Waals surface area contributed by atoms with Crippen molar-refractivity contribution in [2.45, 2.75) is 6.54 Å². The number of halogens is 2. The first kappa shape index (κ1) is 19.9. The number of carbonyl (C=O) groups excluding carboxylic acids is 1. The molecule has 2 N–H and O–H groups in total. The van der Waals surface area contributed by atoms with Crippen molar-refractivity contribution in [2.24, 2.45) is 0 Å². The van der Waals surface area contributed by atoms with Gasteiger partial charge in [0.2, 0.25) is 0 Å². The molecule has 158 valence electrons. The fourth-order valence-corrected chi connectivity index (χ4v) is 3.61. The van der Waals surface area contributed by atoms with Crippen LogP contribution in [0, 0.1) is 5.82 Å². The zero-order valence-corrected chi connectivity index (χ0v) is 17.2. The molecule has 0 spiro atoms. The third kappa shape index (κ3) is 3.61. The Kier molecular flexibility index (Phi) is 4.91. The summed E-state index contributed by atoms with van der Waals surface area (Å²) in [6, 6.07) is 17.7. The molecule has 0 saturated heterocycles. The number of amides is 1. The van der Waals surface area contributed by atoms with Gasteiger partial charge in [-0.15, -0.1) is 0 Å². The van der Waals surface area contributed by atoms with Crippen LogP contribution in [0.3, 0.4) is 0 Å². The molecule has 0 saturated carbocycles. The van der Waals surface area contributed by atoms with Crippen LogP contribution in [0.4, 0.5) is 4.39 Å². The van der Waals surface area contributed by atoms with Gasteiger partial charge in [-0.05, 0) is 48.0 Å². The summed E-state index contributed by atoms with van der Waals surface area (Å²) >= 11 is 5.89. The molecule has 32 heavy (non-hydrogen) atoms. The first-order valence-corrected chi connectivity index (χ1v) is 10.1. The summed E-state index contributed by atoms with van der Waals surface area (Å²) < 4.78 is 15.2. The number of fused-ring (bicyclic) bond motifs is 3. The fraction of sp³-hybridized carbons (Fsp3) is 0.0435. The smallest absolute Gasteiger partial charge is 0.281 e. The van der Waals surface area contributed by atoms with Gasteiger partial charge >= 0.3 is 0 Å². The number of aromatic nitrogens is 4. The van der Waals surface area contributed by atoms with E-state index in [-0.39, 0.29) is 11.6 Å². The van der Waals surface area contributed by atoms with Gasteiger partial charge in [0.15, 0.2) is 5.65 Å². The van der Waals surface area contributed by atoms with E-state index in [1.54, 1.807) is 42.5 Å². The molecule has 0 unspecified atom stereocenters. The van der Waals surface area contributed by atoms with E-state index in [1.807, 2.05) is 12.1 Å². The topological polar surface area (TPSA) is 92.2 Å².